The number of nitrogen functional groups attached to an aromatic ring is 1. The van der Waals surface area contributed by atoms with Crippen LogP contribution in [0.1, 0.15) is 18.4 Å². The first-order valence-corrected chi connectivity index (χ1v) is 7.01. The molecule has 0 atom stereocenters. The van der Waals surface area contributed by atoms with Crippen molar-refractivity contribution in [1.82, 2.24) is 0 Å². The van der Waals surface area contributed by atoms with Crippen molar-refractivity contribution in [2.24, 2.45) is 0 Å². The fourth-order valence-corrected chi connectivity index (χ4v) is 2.80. The van der Waals surface area contributed by atoms with Crippen molar-refractivity contribution in [3.63, 3.8) is 0 Å². The zero-order valence-electron chi connectivity index (χ0n) is 9.97. The van der Waals surface area contributed by atoms with Crippen molar-refractivity contribution >= 4 is 22.7 Å². The lowest BCUT2D eigenvalue weighted by atomic mass is 10.2. The van der Waals surface area contributed by atoms with Crippen molar-refractivity contribution in [2.45, 2.75) is 25.4 Å². The van der Waals surface area contributed by atoms with E-state index in [9.17, 15) is 4.39 Å². The normalized spacial score (nSPS) is 14.7. The largest absolute Gasteiger partial charge is 0.397 e. The first kappa shape index (κ1) is 11.5. The quantitative estimate of drug-likeness (QED) is 0.852. The second-order valence-corrected chi connectivity index (χ2v) is 5.47. The summed E-state index contributed by atoms with van der Waals surface area (Å²) in [4.78, 5) is 2.22. The average Bonchev–Trinajstić information content (AvgIpc) is 3.07. The van der Waals surface area contributed by atoms with E-state index < -0.39 is 0 Å². The Kier molecular flexibility index (Phi) is 2.96. The molecule has 2 aromatic rings. The maximum atomic E-state index is 13.4. The van der Waals surface area contributed by atoms with E-state index in [0.29, 0.717) is 11.7 Å². The van der Waals surface area contributed by atoms with Crippen LogP contribution < -0.4 is 10.6 Å². The molecule has 1 aromatic carbocycles. The topological polar surface area (TPSA) is 29.3 Å². The molecule has 1 fully saturated rings. The Morgan fingerprint density at radius 2 is 2.17 bits per heavy atom. The van der Waals surface area contributed by atoms with E-state index in [1.807, 2.05) is 0 Å². The van der Waals surface area contributed by atoms with Gasteiger partial charge in [0.1, 0.15) is 5.82 Å². The molecule has 0 bridgehead atoms. The maximum Gasteiger partial charge on any atom is 0.125 e. The summed E-state index contributed by atoms with van der Waals surface area (Å²) in [6, 6.07) is 7.21. The highest BCUT2D eigenvalue weighted by molar-refractivity contribution is 7.07. The number of nitrogens with zero attached hydrogens (tertiary/aromatic N) is 1. The highest BCUT2D eigenvalue weighted by Crippen LogP contribution is 2.36. The number of halogens is 1. The van der Waals surface area contributed by atoms with Gasteiger partial charge in [0.15, 0.2) is 0 Å². The van der Waals surface area contributed by atoms with Gasteiger partial charge in [0.2, 0.25) is 0 Å². The van der Waals surface area contributed by atoms with Crippen LogP contribution in [0.4, 0.5) is 15.8 Å². The van der Waals surface area contributed by atoms with Crippen LogP contribution >= 0.6 is 11.3 Å². The number of thiophene rings is 1. The Hall–Kier alpha value is -1.55. The van der Waals surface area contributed by atoms with Gasteiger partial charge in [0.05, 0.1) is 11.4 Å². The molecule has 94 valence electrons. The monoisotopic (exact) mass is 262 g/mol. The molecular weight excluding hydrogens is 247 g/mol. The minimum absolute atomic E-state index is 0.227. The third-order valence-corrected chi connectivity index (χ3v) is 3.95. The second-order valence-electron chi connectivity index (χ2n) is 4.69. The fourth-order valence-electron chi connectivity index (χ4n) is 2.14. The number of anilines is 2. The van der Waals surface area contributed by atoms with Crippen LogP contribution in [0, 0.1) is 5.82 Å². The Bertz CT molecular complexity index is 535. The van der Waals surface area contributed by atoms with E-state index in [1.165, 1.54) is 24.5 Å². The number of benzene rings is 1. The van der Waals surface area contributed by atoms with Gasteiger partial charge in [0.25, 0.3) is 0 Å². The van der Waals surface area contributed by atoms with Crippen molar-refractivity contribution < 1.29 is 4.39 Å². The molecule has 1 saturated carbocycles. The fraction of sp³-hybridized carbons (Fsp3) is 0.286. The van der Waals surface area contributed by atoms with Gasteiger partial charge in [0, 0.05) is 12.6 Å². The predicted molar refractivity (Wildman–Crippen MR) is 74.3 cm³/mol. The van der Waals surface area contributed by atoms with Crippen LogP contribution in [0.3, 0.4) is 0 Å². The maximum absolute atomic E-state index is 13.4. The molecule has 0 amide bonds. The van der Waals surface area contributed by atoms with Gasteiger partial charge in [-0.2, -0.15) is 11.3 Å². The van der Waals surface area contributed by atoms with Gasteiger partial charge >= 0.3 is 0 Å². The van der Waals surface area contributed by atoms with E-state index in [2.05, 4.69) is 21.7 Å². The SMILES string of the molecule is Nc1ccc(F)cc1N(Cc1ccsc1)C1CC1. The molecule has 1 aliphatic rings. The summed E-state index contributed by atoms with van der Waals surface area (Å²) in [5, 5.41) is 4.19. The summed E-state index contributed by atoms with van der Waals surface area (Å²) in [5.74, 6) is -0.227. The minimum Gasteiger partial charge on any atom is -0.397 e. The number of rotatable bonds is 4. The zero-order chi connectivity index (χ0) is 12.5. The van der Waals surface area contributed by atoms with E-state index in [-0.39, 0.29) is 5.82 Å². The van der Waals surface area contributed by atoms with Crippen molar-refractivity contribution in [2.75, 3.05) is 10.6 Å². The summed E-state index contributed by atoms with van der Waals surface area (Å²) < 4.78 is 13.4. The number of nitrogens with two attached hydrogens (primary N) is 1. The van der Waals surface area contributed by atoms with Crippen molar-refractivity contribution in [1.29, 1.82) is 0 Å². The Labute approximate surface area is 110 Å². The standard InChI is InChI=1S/C14H15FN2S/c15-11-1-4-13(16)14(7-11)17(12-2-3-12)8-10-5-6-18-9-10/h1,4-7,9,12H,2-3,8,16H2. The van der Waals surface area contributed by atoms with Crippen molar-refractivity contribution in [3.8, 4) is 0 Å². The third-order valence-electron chi connectivity index (χ3n) is 3.22. The zero-order valence-corrected chi connectivity index (χ0v) is 10.8. The summed E-state index contributed by atoms with van der Waals surface area (Å²) in [7, 11) is 0. The summed E-state index contributed by atoms with van der Waals surface area (Å²) in [6.07, 6.45) is 2.33. The molecule has 2 nitrogen and oxygen atoms in total. The smallest absolute Gasteiger partial charge is 0.125 e. The third kappa shape index (κ3) is 2.34. The highest BCUT2D eigenvalue weighted by Gasteiger charge is 2.30. The summed E-state index contributed by atoms with van der Waals surface area (Å²) in [5.41, 5.74) is 8.71. The van der Waals surface area contributed by atoms with Gasteiger partial charge in [-0.05, 0) is 53.4 Å². The second kappa shape index (κ2) is 4.61. The van der Waals surface area contributed by atoms with Gasteiger partial charge in [-0.3, -0.25) is 0 Å². The van der Waals surface area contributed by atoms with Crippen LogP contribution in [0.5, 0.6) is 0 Å². The van der Waals surface area contributed by atoms with Crippen LogP contribution in [-0.4, -0.2) is 6.04 Å². The van der Waals surface area contributed by atoms with Gasteiger partial charge in [-0.15, -0.1) is 0 Å². The van der Waals surface area contributed by atoms with E-state index >= 15 is 0 Å². The molecule has 0 aliphatic heterocycles. The van der Waals surface area contributed by atoms with E-state index in [1.54, 1.807) is 23.5 Å². The molecule has 4 heteroatoms. The molecule has 0 saturated heterocycles. The molecular formula is C14H15FN2S. The average molecular weight is 262 g/mol. The summed E-state index contributed by atoms with van der Waals surface area (Å²) in [6.45, 7) is 0.807. The number of hydrogen-bond acceptors (Lipinski definition) is 3. The summed E-state index contributed by atoms with van der Waals surface area (Å²) >= 11 is 1.68. The van der Waals surface area contributed by atoms with Gasteiger partial charge in [-0.25, -0.2) is 4.39 Å². The predicted octanol–water partition coefficient (Wildman–Crippen LogP) is 3.64. The van der Waals surface area contributed by atoms with Gasteiger partial charge in [-0.1, -0.05) is 0 Å². The molecule has 2 N–H and O–H groups in total. The van der Waals surface area contributed by atoms with Crippen LogP contribution in [0.2, 0.25) is 0 Å². The van der Waals surface area contributed by atoms with Gasteiger partial charge < -0.3 is 10.6 Å². The van der Waals surface area contributed by atoms with Crippen molar-refractivity contribution in [3.05, 3.63) is 46.4 Å². The van der Waals surface area contributed by atoms with Crippen LogP contribution in [-0.2, 0) is 6.54 Å². The first-order chi connectivity index (χ1) is 8.74. The van der Waals surface area contributed by atoms with Crippen LogP contribution in [0.15, 0.2) is 35.0 Å². The highest BCUT2D eigenvalue weighted by atomic mass is 32.1. The molecule has 18 heavy (non-hydrogen) atoms. The van der Waals surface area contributed by atoms with E-state index in [4.69, 9.17) is 5.73 Å². The minimum atomic E-state index is -0.227. The lowest BCUT2D eigenvalue weighted by Crippen LogP contribution is -2.25. The Balaban J connectivity index is 1.91. The molecule has 1 heterocycles. The molecule has 3 rings (SSSR count). The van der Waals surface area contributed by atoms with E-state index in [0.717, 1.165) is 12.2 Å². The molecule has 1 aromatic heterocycles. The number of hydrogen-bond donors (Lipinski definition) is 1. The molecule has 0 unspecified atom stereocenters. The Morgan fingerprint density at radius 1 is 1.33 bits per heavy atom. The lowest BCUT2D eigenvalue weighted by molar-refractivity contribution is 0.626. The molecule has 0 radical (unpaired) electrons. The molecule has 0 spiro atoms. The Morgan fingerprint density at radius 3 is 2.83 bits per heavy atom. The molecule has 1 aliphatic carbocycles. The lowest BCUT2D eigenvalue weighted by Gasteiger charge is -2.25. The first-order valence-electron chi connectivity index (χ1n) is 6.07. The van der Waals surface area contributed by atoms with Crippen LogP contribution in [0.25, 0.3) is 0 Å².